The Morgan fingerprint density at radius 1 is 1.73 bits per heavy atom. The molecule has 0 aromatic carbocycles. The molecule has 0 radical (unpaired) electrons. The molecule has 2 N–H and O–H groups in total. The van der Waals surface area contributed by atoms with Crippen molar-refractivity contribution in [3.63, 3.8) is 0 Å². The summed E-state index contributed by atoms with van der Waals surface area (Å²) in [5.41, 5.74) is 0.180. The average molecular weight is 175 g/mol. The number of halogens is 1. The molecule has 5 heteroatoms. The van der Waals surface area contributed by atoms with Gasteiger partial charge in [-0.25, -0.2) is 4.98 Å². The molecule has 0 spiro atoms. The van der Waals surface area contributed by atoms with E-state index in [4.69, 9.17) is 16.7 Å². The molecule has 0 bridgehead atoms. The Labute approximate surface area is 67.9 Å². The van der Waals surface area contributed by atoms with Gasteiger partial charge in [-0.3, -0.25) is 4.79 Å². The van der Waals surface area contributed by atoms with Crippen LogP contribution in [-0.2, 0) is 12.5 Å². The maximum atomic E-state index is 10.8. The third-order valence-electron chi connectivity index (χ3n) is 1.13. The summed E-state index contributed by atoms with van der Waals surface area (Å²) < 4.78 is 0. The lowest BCUT2D eigenvalue weighted by Crippen LogP contribution is -2.11. The lowest BCUT2D eigenvalue weighted by molar-refractivity contribution is 0.270. The smallest absolute Gasteiger partial charge is 0.251 e. The van der Waals surface area contributed by atoms with Crippen LogP contribution < -0.4 is 5.56 Å². The Hall–Kier alpha value is -0.870. The van der Waals surface area contributed by atoms with Gasteiger partial charge in [-0.05, 0) is 0 Å². The molecule has 0 aliphatic rings. The van der Waals surface area contributed by atoms with Crippen molar-refractivity contribution in [2.75, 3.05) is 0 Å². The van der Waals surface area contributed by atoms with Crippen LogP contribution in [0.15, 0.2) is 10.9 Å². The van der Waals surface area contributed by atoms with Crippen LogP contribution in [0.4, 0.5) is 0 Å². The fraction of sp³-hybridized carbons (Fsp3) is 0.333. The molecule has 4 nitrogen and oxygen atoms in total. The second-order valence-corrected chi connectivity index (χ2v) is 2.24. The van der Waals surface area contributed by atoms with Crippen molar-refractivity contribution in [2.45, 2.75) is 12.5 Å². The second-order valence-electron chi connectivity index (χ2n) is 1.98. The zero-order valence-electron chi connectivity index (χ0n) is 5.67. The Kier molecular flexibility index (Phi) is 2.62. The average Bonchev–Trinajstić information content (AvgIpc) is 2.03. The minimum atomic E-state index is -0.292. The molecular formula is C6H7ClN2O2. The SMILES string of the molecule is O=c1cc(CCl)nc(CO)[nH]1. The standard InChI is InChI=1S/C6H7ClN2O2/c7-2-4-1-6(11)9-5(3-10)8-4/h1,10H,2-3H2,(H,8,9,11). The molecule has 0 saturated heterocycles. The summed E-state index contributed by atoms with van der Waals surface area (Å²) in [5, 5.41) is 8.61. The highest BCUT2D eigenvalue weighted by molar-refractivity contribution is 6.16. The molecule has 1 aromatic rings. The molecular weight excluding hydrogens is 168 g/mol. The fourth-order valence-electron chi connectivity index (χ4n) is 0.707. The number of aromatic amines is 1. The van der Waals surface area contributed by atoms with Crippen LogP contribution in [0, 0.1) is 0 Å². The lowest BCUT2D eigenvalue weighted by Gasteiger charge is -1.96. The van der Waals surface area contributed by atoms with E-state index in [0.717, 1.165) is 0 Å². The van der Waals surface area contributed by atoms with Crippen molar-refractivity contribution in [3.05, 3.63) is 27.9 Å². The van der Waals surface area contributed by atoms with E-state index >= 15 is 0 Å². The van der Waals surface area contributed by atoms with Gasteiger partial charge < -0.3 is 10.1 Å². The van der Waals surface area contributed by atoms with Crippen molar-refractivity contribution in [2.24, 2.45) is 0 Å². The second kappa shape index (κ2) is 3.50. The highest BCUT2D eigenvalue weighted by Crippen LogP contribution is 1.95. The number of aliphatic hydroxyl groups is 1. The number of hydrogen-bond acceptors (Lipinski definition) is 3. The van der Waals surface area contributed by atoms with Crippen LogP contribution in [-0.4, -0.2) is 15.1 Å². The van der Waals surface area contributed by atoms with E-state index in [-0.39, 0.29) is 23.9 Å². The Morgan fingerprint density at radius 3 is 3.00 bits per heavy atom. The zero-order valence-corrected chi connectivity index (χ0v) is 6.43. The van der Waals surface area contributed by atoms with Gasteiger partial charge in [0, 0.05) is 6.07 Å². The highest BCUT2D eigenvalue weighted by Gasteiger charge is 1.97. The predicted octanol–water partition coefficient (Wildman–Crippen LogP) is 0.00100. The molecule has 1 heterocycles. The number of nitrogens with one attached hydrogen (secondary N) is 1. The maximum Gasteiger partial charge on any atom is 0.251 e. The molecule has 1 aromatic heterocycles. The van der Waals surface area contributed by atoms with Gasteiger partial charge >= 0.3 is 0 Å². The van der Waals surface area contributed by atoms with Gasteiger partial charge in [-0.1, -0.05) is 0 Å². The first-order chi connectivity index (χ1) is 5.26. The molecule has 0 fully saturated rings. The molecule has 0 saturated carbocycles. The van der Waals surface area contributed by atoms with Gasteiger partial charge in [0.1, 0.15) is 12.4 Å². The Morgan fingerprint density at radius 2 is 2.45 bits per heavy atom. The van der Waals surface area contributed by atoms with Gasteiger partial charge in [0.2, 0.25) is 0 Å². The molecule has 1 rings (SSSR count). The van der Waals surface area contributed by atoms with E-state index in [2.05, 4.69) is 9.97 Å². The number of aliphatic hydroxyl groups excluding tert-OH is 1. The monoisotopic (exact) mass is 174 g/mol. The zero-order chi connectivity index (χ0) is 8.27. The van der Waals surface area contributed by atoms with Crippen LogP contribution in [0.2, 0.25) is 0 Å². The predicted molar refractivity (Wildman–Crippen MR) is 40.3 cm³/mol. The van der Waals surface area contributed by atoms with Gasteiger partial charge in [0.15, 0.2) is 0 Å². The fourth-order valence-corrected chi connectivity index (χ4v) is 0.843. The number of aromatic nitrogens is 2. The van der Waals surface area contributed by atoms with Crippen LogP contribution >= 0.6 is 11.6 Å². The minimum absolute atomic E-state index is 0.178. The van der Waals surface area contributed by atoms with Crippen LogP contribution in [0.3, 0.4) is 0 Å². The number of rotatable bonds is 2. The molecule has 0 aliphatic heterocycles. The highest BCUT2D eigenvalue weighted by atomic mass is 35.5. The lowest BCUT2D eigenvalue weighted by atomic mass is 10.4. The maximum absolute atomic E-state index is 10.8. The quantitative estimate of drug-likeness (QED) is 0.621. The van der Waals surface area contributed by atoms with Crippen molar-refractivity contribution in [1.82, 2.24) is 9.97 Å². The van der Waals surface area contributed by atoms with Crippen molar-refractivity contribution in [1.29, 1.82) is 0 Å². The normalized spacial score (nSPS) is 10.0. The summed E-state index contributed by atoms with van der Waals surface area (Å²) in [5.74, 6) is 0.421. The van der Waals surface area contributed by atoms with Crippen molar-refractivity contribution < 1.29 is 5.11 Å². The molecule has 0 unspecified atom stereocenters. The third-order valence-corrected chi connectivity index (χ3v) is 1.40. The summed E-state index contributed by atoms with van der Waals surface area (Å²) in [7, 11) is 0. The van der Waals surface area contributed by atoms with E-state index < -0.39 is 0 Å². The van der Waals surface area contributed by atoms with E-state index in [0.29, 0.717) is 5.69 Å². The van der Waals surface area contributed by atoms with Gasteiger partial charge in [0.25, 0.3) is 5.56 Å². The largest absolute Gasteiger partial charge is 0.388 e. The molecule has 11 heavy (non-hydrogen) atoms. The summed E-state index contributed by atoms with van der Waals surface area (Å²) >= 11 is 5.43. The summed E-state index contributed by atoms with van der Waals surface area (Å²) in [6.07, 6.45) is 0. The van der Waals surface area contributed by atoms with E-state index in [1.165, 1.54) is 6.07 Å². The first kappa shape index (κ1) is 8.23. The minimum Gasteiger partial charge on any atom is -0.388 e. The van der Waals surface area contributed by atoms with E-state index in [9.17, 15) is 4.79 Å². The number of hydrogen-bond donors (Lipinski definition) is 2. The van der Waals surface area contributed by atoms with Crippen molar-refractivity contribution in [3.8, 4) is 0 Å². The number of H-pyrrole nitrogens is 1. The van der Waals surface area contributed by atoms with Crippen LogP contribution in [0.5, 0.6) is 0 Å². The summed E-state index contributed by atoms with van der Waals surface area (Å²) in [4.78, 5) is 17.0. The first-order valence-electron chi connectivity index (χ1n) is 3.02. The van der Waals surface area contributed by atoms with Crippen molar-refractivity contribution >= 4 is 11.6 Å². The van der Waals surface area contributed by atoms with E-state index in [1.807, 2.05) is 0 Å². The van der Waals surface area contributed by atoms with E-state index in [1.54, 1.807) is 0 Å². The summed E-state index contributed by atoms with van der Waals surface area (Å²) in [6, 6.07) is 1.30. The number of alkyl halides is 1. The Bertz CT molecular complexity index is 272. The molecule has 0 aliphatic carbocycles. The van der Waals surface area contributed by atoms with Gasteiger partial charge in [0.05, 0.1) is 11.6 Å². The Balaban J connectivity index is 3.12. The molecule has 0 amide bonds. The van der Waals surface area contributed by atoms with Crippen LogP contribution in [0.1, 0.15) is 11.5 Å². The topological polar surface area (TPSA) is 66.0 Å². The summed E-state index contributed by atoms with van der Waals surface area (Å²) in [6.45, 7) is -0.278. The van der Waals surface area contributed by atoms with Crippen LogP contribution in [0.25, 0.3) is 0 Å². The molecule has 0 atom stereocenters. The number of nitrogens with zero attached hydrogens (tertiary/aromatic N) is 1. The first-order valence-corrected chi connectivity index (χ1v) is 3.55. The van der Waals surface area contributed by atoms with Gasteiger partial charge in [-0.15, -0.1) is 11.6 Å². The van der Waals surface area contributed by atoms with Gasteiger partial charge in [-0.2, -0.15) is 0 Å². The third kappa shape index (κ3) is 2.03. The molecule has 60 valence electrons.